The second kappa shape index (κ2) is 11.2. The zero-order valence-corrected chi connectivity index (χ0v) is 20.8. The van der Waals surface area contributed by atoms with Crippen LogP contribution in [0.15, 0.2) is 56.4 Å². The second-order valence-corrected chi connectivity index (χ2v) is 10.5. The molecule has 0 aliphatic carbocycles. The topological polar surface area (TPSA) is 210 Å². The number of rotatable bonds is 9. The van der Waals surface area contributed by atoms with Crippen LogP contribution < -0.4 is 16.8 Å². The fourth-order valence-corrected chi connectivity index (χ4v) is 6.49. The van der Waals surface area contributed by atoms with Crippen LogP contribution in [-0.2, 0) is 14.4 Å². The molecule has 36 heavy (non-hydrogen) atoms. The van der Waals surface area contributed by atoms with E-state index in [1.54, 1.807) is 12.3 Å². The summed E-state index contributed by atoms with van der Waals surface area (Å²) in [6.45, 7) is 0.466. The highest BCUT2D eigenvalue weighted by atomic mass is 32.2. The molecule has 0 saturated carbocycles. The molecule has 2 aromatic rings. The molecule has 4 heterocycles. The van der Waals surface area contributed by atoms with E-state index in [1.807, 2.05) is 0 Å². The number of anilines is 1. The maximum atomic E-state index is 12.9. The zero-order chi connectivity index (χ0) is 25.8. The van der Waals surface area contributed by atoms with Gasteiger partial charge >= 0.3 is 5.97 Å². The first-order chi connectivity index (χ1) is 17.3. The smallest absolute Gasteiger partial charge is 0.353 e. The number of nitrogens with two attached hydrogens (primary N) is 2. The molecule has 2 amide bonds. The summed E-state index contributed by atoms with van der Waals surface area (Å²) >= 11 is 3.82. The molecule has 4 rings (SSSR count). The van der Waals surface area contributed by atoms with Crippen molar-refractivity contribution in [2.75, 3.05) is 23.8 Å². The molecule has 1 fully saturated rings. The number of carbonyl (C=O) groups is 3. The van der Waals surface area contributed by atoms with E-state index in [-0.39, 0.29) is 23.0 Å². The number of oxime groups is 1. The van der Waals surface area contributed by atoms with Crippen LogP contribution in [0.1, 0.15) is 5.69 Å². The van der Waals surface area contributed by atoms with E-state index in [9.17, 15) is 24.7 Å². The summed E-state index contributed by atoms with van der Waals surface area (Å²) < 4.78 is 0. The summed E-state index contributed by atoms with van der Waals surface area (Å²) in [4.78, 5) is 51.9. The molecule has 13 nitrogen and oxygen atoms in total. The Morgan fingerprint density at radius 1 is 1.31 bits per heavy atom. The molecule has 2 atom stereocenters. The van der Waals surface area contributed by atoms with E-state index in [2.05, 4.69) is 25.4 Å². The number of carboxylic acids is 1. The fraction of sp³-hybridized carbons (Fsp3) is 0.250. The largest absolute Gasteiger partial charge is 0.477 e. The molecule has 16 heteroatoms. The Labute approximate surface area is 217 Å². The van der Waals surface area contributed by atoms with Crippen molar-refractivity contribution in [3.05, 3.63) is 46.8 Å². The number of aliphatic carboxylic acids is 1. The van der Waals surface area contributed by atoms with Gasteiger partial charge in [-0.05, 0) is 18.2 Å². The standard InChI is InChI=1S/C20H20N8O5S3/c21-5-7-34-20-23-6-4-12(25-20)36-10-8-35-18-14(17(30)28(18)15(10)19(31)32)26-16(29)13(27-33)9-2-1-3-11(22)24-9/h1-4,6,14,18,33H,5,7-8,21H2,(H2,22,24)(H,26,29)(H,31,32)/b27-13-/t14-,18-/m1/s1. The lowest BCUT2D eigenvalue weighted by Gasteiger charge is -2.49. The molecule has 0 radical (unpaired) electrons. The van der Waals surface area contributed by atoms with E-state index in [0.717, 1.165) is 16.7 Å². The summed E-state index contributed by atoms with van der Waals surface area (Å²) in [6, 6.07) is 5.10. The van der Waals surface area contributed by atoms with Crippen molar-refractivity contribution in [3.63, 3.8) is 0 Å². The first-order valence-electron chi connectivity index (χ1n) is 10.3. The Morgan fingerprint density at radius 3 is 2.81 bits per heavy atom. The summed E-state index contributed by atoms with van der Waals surface area (Å²) in [5.74, 6) is -1.69. The van der Waals surface area contributed by atoms with E-state index in [4.69, 9.17) is 11.5 Å². The molecule has 2 aromatic heterocycles. The van der Waals surface area contributed by atoms with Crippen molar-refractivity contribution >= 4 is 64.6 Å². The summed E-state index contributed by atoms with van der Waals surface area (Å²) in [5.41, 5.74) is 10.6. The van der Waals surface area contributed by atoms with Gasteiger partial charge in [0.15, 0.2) is 10.9 Å². The molecule has 188 valence electrons. The molecular weight excluding hydrogens is 528 g/mol. The lowest BCUT2D eigenvalue weighted by molar-refractivity contribution is -0.150. The third kappa shape index (κ3) is 5.25. The Bertz CT molecular complexity index is 1270. The lowest BCUT2D eigenvalue weighted by Crippen LogP contribution is -2.71. The average molecular weight is 549 g/mol. The van der Waals surface area contributed by atoms with Crippen LogP contribution in [-0.4, -0.2) is 83.1 Å². The number of nitrogens with one attached hydrogen (secondary N) is 1. The molecule has 1 saturated heterocycles. The van der Waals surface area contributed by atoms with Gasteiger partial charge in [0.2, 0.25) is 0 Å². The maximum Gasteiger partial charge on any atom is 0.353 e. The first kappa shape index (κ1) is 25.7. The van der Waals surface area contributed by atoms with Gasteiger partial charge in [-0.1, -0.05) is 34.7 Å². The van der Waals surface area contributed by atoms with Gasteiger partial charge < -0.3 is 27.1 Å². The van der Waals surface area contributed by atoms with Gasteiger partial charge in [-0.25, -0.2) is 19.7 Å². The Balaban J connectivity index is 1.51. The molecule has 2 aliphatic heterocycles. The summed E-state index contributed by atoms with van der Waals surface area (Å²) in [5, 5.41) is 25.1. The quantitative estimate of drug-likeness (QED) is 0.0539. The van der Waals surface area contributed by atoms with Crippen LogP contribution in [0.5, 0.6) is 0 Å². The average Bonchev–Trinajstić information content (AvgIpc) is 2.86. The van der Waals surface area contributed by atoms with Crippen LogP contribution in [0.3, 0.4) is 0 Å². The van der Waals surface area contributed by atoms with Crippen molar-refractivity contribution in [1.82, 2.24) is 25.2 Å². The van der Waals surface area contributed by atoms with Gasteiger partial charge in [0.05, 0.1) is 0 Å². The van der Waals surface area contributed by atoms with Crippen molar-refractivity contribution < 1.29 is 24.7 Å². The SMILES string of the molecule is NCCSc1nccc(SC2=C(C(=O)O)N3C(=O)[C@@H](NC(=O)/C(=N\O)c4cccc(N)n4)[C@H]3SC2)n1. The highest BCUT2D eigenvalue weighted by Gasteiger charge is 2.54. The number of aromatic nitrogens is 3. The van der Waals surface area contributed by atoms with E-state index < -0.39 is 34.9 Å². The monoisotopic (exact) mass is 548 g/mol. The highest BCUT2D eigenvalue weighted by Crippen LogP contribution is 2.44. The van der Waals surface area contributed by atoms with Crippen LogP contribution in [0.25, 0.3) is 0 Å². The zero-order valence-electron chi connectivity index (χ0n) is 18.4. The summed E-state index contributed by atoms with van der Waals surface area (Å²) in [7, 11) is 0. The number of fused-ring (bicyclic) bond motifs is 1. The predicted octanol–water partition coefficient (Wildman–Crippen LogP) is 0.171. The number of pyridine rings is 1. The summed E-state index contributed by atoms with van der Waals surface area (Å²) in [6.07, 6.45) is 1.57. The minimum atomic E-state index is -1.27. The van der Waals surface area contributed by atoms with Crippen molar-refractivity contribution in [1.29, 1.82) is 0 Å². The van der Waals surface area contributed by atoms with Crippen LogP contribution in [0.4, 0.5) is 5.82 Å². The molecule has 0 bridgehead atoms. The molecule has 7 N–H and O–H groups in total. The number of carboxylic acid groups (broad SMARTS) is 1. The Morgan fingerprint density at radius 2 is 2.11 bits per heavy atom. The number of carbonyl (C=O) groups excluding carboxylic acids is 2. The number of nitrogens with zero attached hydrogens (tertiary/aromatic N) is 5. The Hall–Kier alpha value is -3.34. The number of hydrogen-bond acceptors (Lipinski definition) is 13. The van der Waals surface area contributed by atoms with Crippen molar-refractivity contribution in [2.45, 2.75) is 21.6 Å². The number of amides is 2. The Kier molecular flexibility index (Phi) is 7.97. The number of thioether (sulfide) groups is 3. The molecule has 0 aromatic carbocycles. The van der Waals surface area contributed by atoms with Gasteiger partial charge in [-0.3, -0.25) is 14.5 Å². The van der Waals surface area contributed by atoms with Crippen LogP contribution in [0.2, 0.25) is 0 Å². The van der Waals surface area contributed by atoms with Gasteiger partial charge in [-0.2, -0.15) is 0 Å². The van der Waals surface area contributed by atoms with Gasteiger partial charge in [0.1, 0.15) is 33.7 Å². The minimum absolute atomic E-state index is 0.0218. The number of hydrogen-bond donors (Lipinski definition) is 5. The van der Waals surface area contributed by atoms with Gasteiger partial charge in [-0.15, -0.1) is 11.8 Å². The number of nitrogen functional groups attached to an aromatic ring is 1. The van der Waals surface area contributed by atoms with Crippen molar-refractivity contribution in [2.24, 2.45) is 10.9 Å². The van der Waals surface area contributed by atoms with Gasteiger partial charge in [0, 0.05) is 29.2 Å². The highest BCUT2D eigenvalue weighted by molar-refractivity contribution is 8.06. The molecule has 0 unspecified atom stereocenters. The maximum absolute atomic E-state index is 12.9. The van der Waals surface area contributed by atoms with E-state index in [1.165, 1.54) is 41.7 Å². The normalized spacial score (nSPS) is 19.5. The third-order valence-corrected chi connectivity index (χ3v) is 8.31. The minimum Gasteiger partial charge on any atom is -0.477 e. The van der Waals surface area contributed by atoms with Gasteiger partial charge in [0.25, 0.3) is 11.8 Å². The third-order valence-electron chi connectivity index (χ3n) is 4.94. The van der Waals surface area contributed by atoms with E-state index in [0.29, 0.717) is 27.4 Å². The van der Waals surface area contributed by atoms with E-state index >= 15 is 0 Å². The van der Waals surface area contributed by atoms with Crippen LogP contribution >= 0.6 is 35.3 Å². The van der Waals surface area contributed by atoms with Crippen LogP contribution in [0, 0.1) is 0 Å². The lowest BCUT2D eigenvalue weighted by atomic mass is 10.0. The molecule has 2 aliphatic rings. The number of β-lactam (4-membered cyclic amide) rings is 1. The molecular formula is C20H20N8O5S3. The fourth-order valence-electron chi connectivity index (χ4n) is 3.40. The predicted molar refractivity (Wildman–Crippen MR) is 134 cm³/mol. The molecule has 0 spiro atoms. The first-order valence-corrected chi connectivity index (χ1v) is 13.2. The van der Waals surface area contributed by atoms with Crippen molar-refractivity contribution in [3.8, 4) is 0 Å². The second-order valence-electron chi connectivity index (χ2n) is 7.25.